The molecule has 102 valence electrons. The zero-order valence-corrected chi connectivity index (χ0v) is 10.7. The zero-order valence-electron chi connectivity index (χ0n) is 10.7. The van der Waals surface area contributed by atoms with Crippen LogP contribution < -0.4 is 15.2 Å². The number of aliphatic carboxylic acids is 1. The van der Waals surface area contributed by atoms with Crippen LogP contribution in [0, 0.1) is 0 Å². The number of ether oxygens (including phenoxy) is 2. The van der Waals surface area contributed by atoms with Gasteiger partial charge in [0.25, 0.3) is 0 Å². The number of nitrogens with two attached hydrogens (primary N) is 1. The van der Waals surface area contributed by atoms with Crippen molar-refractivity contribution >= 4 is 11.9 Å². The second-order valence-corrected chi connectivity index (χ2v) is 3.88. The molecule has 0 saturated heterocycles. The molecule has 0 aliphatic rings. The Kier molecular flexibility index (Phi) is 4.93. The van der Waals surface area contributed by atoms with Crippen LogP contribution in [0.2, 0.25) is 0 Å². The Labute approximate surface area is 110 Å². The largest absolute Gasteiger partial charge is 0.497 e. The normalized spacial score (nSPS) is 10.9. The molecular formula is C13H15NO5. The molecule has 19 heavy (non-hydrogen) atoms. The molecule has 3 N–H and O–H groups in total. The van der Waals surface area contributed by atoms with Gasteiger partial charge in [0, 0.05) is 17.7 Å². The third-order valence-corrected chi connectivity index (χ3v) is 2.24. The van der Waals surface area contributed by atoms with Crippen molar-refractivity contribution in [2.45, 2.75) is 6.92 Å². The highest BCUT2D eigenvalue weighted by Gasteiger charge is 2.07. The summed E-state index contributed by atoms with van der Waals surface area (Å²) in [7, 11) is 1.46. The SMILES string of the molecule is COc1cc(OC/C(C)=C/C(=O)O)cc(C(N)=O)c1. The molecule has 6 nitrogen and oxygen atoms in total. The van der Waals surface area contributed by atoms with Crippen molar-refractivity contribution in [2.75, 3.05) is 13.7 Å². The van der Waals surface area contributed by atoms with Gasteiger partial charge in [-0.25, -0.2) is 4.79 Å². The number of amides is 1. The molecule has 0 saturated carbocycles. The Morgan fingerprint density at radius 1 is 1.32 bits per heavy atom. The van der Waals surface area contributed by atoms with Crippen LogP contribution in [0.1, 0.15) is 17.3 Å². The number of carboxylic acid groups (broad SMARTS) is 1. The molecule has 0 bridgehead atoms. The molecule has 0 atom stereocenters. The molecule has 1 aromatic carbocycles. The van der Waals surface area contributed by atoms with E-state index in [1.165, 1.54) is 19.2 Å². The van der Waals surface area contributed by atoms with E-state index in [1.54, 1.807) is 13.0 Å². The Bertz CT molecular complexity index is 522. The molecule has 1 rings (SSSR count). The van der Waals surface area contributed by atoms with Crippen LogP contribution >= 0.6 is 0 Å². The van der Waals surface area contributed by atoms with Gasteiger partial charge in [-0.1, -0.05) is 0 Å². The van der Waals surface area contributed by atoms with Crippen molar-refractivity contribution in [3.05, 3.63) is 35.4 Å². The van der Waals surface area contributed by atoms with Gasteiger partial charge >= 0.3 is 5.97 Å². The van der Waals surface area contributed by atoms with Crippen molar-refractivity contribution < 1.29 is 24.2 Å². The highest BCUT2D eigenvalue weighted by atomic mass is 16.5. The number of carbonyl (C=O) groups is 2. The summed E-state index contributed by atoms with van der Waals surface area (Å²) in [6.07, 6.45) is 1.05. The van der Waals surface area contributed by atoms with Gasteiger partial charge in [0.1, 0.15) is 18.1 Å². The molecule has 0 fully saturated rings. The molecule has 0 unspecified atom stereocenters. The van der Waals surface area contributed by atoms with Gasteiger partial charge in [0.2, 0.25) is 5.91 Å². The molecule has 0 aliphatic carbocycles. The first kappa shape index (κ1) is 14.6. The highest BCUT2D eigenvalue weighted by molar-refractivity contribution is 5.93. The summed E-state index contributed by atoms with van der Waals surface area (Å²) >= 11 is 0. The van der Waals surface area contributed by atoms with E-state index in [4.69, 9.17) is 20.3 Å². The molecule has 0 aromatic heterocycles. The fourth-order valence-corrected chi connectivity index (χ4v) is 1.36. The van der Waals surface area contributed by atoms with Crippen LogP contribution in [-0.4, -0.2) is 30.7 Å². The van der Waals surface area contributed by atoms with Crippen molar-refractivity contribution in [2.24, 2.45) is 5.73 Å². The first-order valence-corrected chi connectivity index (χ1v) is 5.44. The summed E-state index contributed by atoms with van der Waals surface area (Å²) in [4.78, 5) is 21.6. The van der Waals surface area contributed by atoms with Crippen molar-refractivity contribution in [1.82, 2.24) is 0 Å². The van der Waals surface area contributed by atoms with E-state index in [1.807, 2.05) is 0 Å². The number of hydrogen-bond donors (Lipinski definition) is 2. The maximum atomic E-state index is 11.1. The number of carbonyl (C=O) groups excluding carboxylic acids is 1. The van der Waals surface area contributed by atoms with Gasteiger partial charge in [-0.2, -0.15) is 0 Å². The van der Waals surface area contributed by atoms with E-state index in [9.17, 15) is 9.59 Å². The van der Waals surface area contributed by atoms with E-state index in [2.05, 4.69) is 0 Å². The van der Waals surface area contributed by atoms with E-state index in [0.717, 1.165) is 6.08 Å². The van der Waals surface area contributed by atoms with E-state index >= 15 is 0 Å². The predicted octanol–water partition coefficient (Wildman–Crippen LogP) is 1.20. The van der Waals surface area contributed by atoms with Gasteiger partial charge in [-0.3, -0.25) is 4.79 Å². The minimum Gasteiger partial charge on any atom is -0.497 e. The topological polar surface area (TPSA) is 98.8 Å². The molecule has 0 radical (unpaired) electrons. The van der Waals surface area contributed by atoms with Crippen LogP contribution in [0.5, 0.6) is 11.5 Å². The third kappa shape index (κ3) is 4.71. The monoisotopic (exact) mass is 265 g/mol. The lowest BCUT2D eigenvalue weighted by atomic mass is 10.2. The Hall–Kier alpha value is -2.50. The standard InChI is InChI=1S/C13H15NO5/c1-8(3-12(15)16)7-19-11-5-9(13(14)17)4-10(6-11)18-2/h3-6H,7H2,1-2H3,(H2,14,17)(H,15,16)/b8-3+. The van der Waals surface area contributed by atoms with Gasteiger partial charge in [-0.05, 0) is 24.6 Å². The number of hydrogen-bond acceptors (Lipinski definition) is 4. The number of rotatable bonds is 6. The summed E-state index contributed by atoms with van der Waals surface area (Å²) in [5.41, 5.74) is 5.99. The van der Waals surface area contributed by atoms with Crippen LogP contribution in [0.3, 0.4) is 0 Å². The van der Waals surface area contributed by atoms with Gasteiger partial charge in [0.05, 0.1) is 7.11 Å². The van der Waals surface area contributed by atoms with Gasteiger partial charge in [-0.15, -0.1) is 0 Å². The van der Waals surface area contributed by atoms with Crippen molar-refractivity contribution in [3.63, 3.8) is 0 Å². The Morgan fingerprint density at radius 2 is 1.95 bits per heavy atom. The quantitative estimate of drug-likeness (QED) is 0.753. The number of methoxy groups -OCH3 is 1. The summed E-state index contributed by atoms with van der Waals surface area (Å²) in [5, 5.41) is 8.57. The third-order valence-electron chi connectivity index (χ3n) is 2.24. The molecular weight excluding hydrogens is 250 g/mol. The second-order valence-electron chi connectivity index (χ2n) is 3.88. The van der Waals surface area contributed by atoms with Gasteiger partial charge in [0.15, 0.2) is 0 Å². The summed E-state index contributed by atoms with van der Waals surface area (Å²) in [6, 6.07) is 4.55. The molecule has 1 amide bonds. The average molecular weight is 265 g/mol. The predicted molar refractivity (Wildman–Crippen MR) is 68.4 cm³/mol. The smallest absolute Gasteiger partial charge is 0.328 e. The fourth-order valence-electron chi connectivity index (χ4n) is 1.36. The molecule has 6 heteroatoms. The first-order valence-electron chi connectivity index (χ1n) is 5.44. The summed E-state index contributed by atoms with van der Waals surface area (Å²) in [5.74, 6) is -0.816. The summed E-state index contributed by atoms with van der Waals surface area (Å²) in [6.45, 7) is 1.72. The van der Waals surface area contributed by atoms with Crippen molar-refractivity contribution in [1.29, 1.82) is 0 Å². The van der Waals surface area contributed by atoms with Gasteiger partial charge < -0.3 is 20.3 Å². The van der Waals surface area contributed by atoms with E-state index in [-0.39, 0.29) is 12.2 Å². The summed E-state index contributed by atoms with van der Waals surface area (Å²) < 4.78 is 10.4. The van der Waals surface area contributed by atoms with Crippen LogP contribution in [-0.2, 0) is 4.79 Å². The lowest BCUT2D eigenvalue weighted by Crippen LogP contribution is -2.11. The highest BCUT2D eigenvalue weighted by Crippen LogP contribution is 2.22. The minimum atomic E-state index is -1.04. The van der Waals surface area contributed by atoms with E-state index < -0.39 is 11.9 Å². The average Bonchev–Trinajstić information content (AvgIpc) is 2.35. The van der Waals surface area contributed by atoms with Crippen molar-refractivity contribution in [3.8, 4) is 11.5 Å². The lowest BCUT2D eigenvalue weighted by molar-refractivity contribution is -0.131. The van der Waals surface area contributed by atoms with Crippen LogP contribution in [0.25, 0.3) is 0 Å². The number of benzene rings is 1. The second kappa shape index (κ2) is 6.44. The fraction of sp³-hybridized carbons (Fsp3) is 0.231. The number of primary amides is 1. The maximum absolute atomic E-state index is 11.1. The zero-order chi connectivity index (χ0) is 14.4. The Balaban J connectivity index is 2.86. The van der Waals surface area contributed by atoms with E-state index in [0.29, 0.717) is 17.1 Å². The lowest BCUT2D eigenvalue weighted by Gasteiger charge is -2.09. The first-order chi connectivity index (χ1) is 8.92. The maximum Gasteiger partial charge on any atom is 0.328 e. The molecule has 0 aliphatic heterocycles. The van der Waals surface area contributed by atoms with Crippen LogP contribution in [0.4, 0.5) is 0 Å². The minimum absolute atomic E-state index is 0.0949. The molecule has 0 spiro atoms. The Morgan fingerprint density at radius 3 is 2.47 bits per heavy atom. The number of carboxylic acids is 1. The molecule has 1 aromatic rings. The molecule has 0 heterocycles. The van der Waals surface area contributed by atoms with Crippen LogP contribution in [0.15, 0.2) is 29.8 Å².